The Morgan fingerprint density at radius 3 is 2.78 bits per heavy atom. The lowest BCUT2D eigenvalue weighted by Gasteiger charge is -2.13. The van der Waals surface area contributed by atoms with Crippen molar-refractivity contribution in [1.82, 2.24) is 5.32 Å². The molecule has 2 aliphatic heterocycles. The number of hydrogen-bond donors (Lipinski definition) is 2. The molecule has 0 bridgehead atoms. The zero-order chi connectivity index (χ0) is 22.2. The van der Waals surface area contributed by atoms with Gasteiger partial charge in [0, 0.05) is 46.0 Å². The van der Waals surface area contributed by atoms with Crippen LogP contribution in [0.1, 0.15) is 12.0 Å². The quantitative estimate of drug-likeness (QED) is 0.422. The van der Waals surface area contributed by atoms with E-state index in [1.54, 1.807) is 19.2 Å². The van der Waals surface area contributed by atoms with Gasteiger partial charge < -0.3 is 19.9 Å². The van der Waals surface area contributed by atoms with E-state index in [1.807, 2.05) is 43.7 Å². The summed E-state index contributed by atoms with van der Waals surface area (Å²) in [6.07, 6.45) is 4.49. The number of methoxy groups -OCH3 is 1. The van der Waals surface area contributed by atoms with Crippen LogP contribution in [-0.4, -0.2) is 38.6 Å². The molecule has 0 aromatic heterocycles. The number of aliphatic imine (C=N–C) groups is 1. The van der Waals surface area contributed by atoms with Gasteiger partial charge >= 0.3 is 0 Å². The van der Waals surface area contributed by atoms with Crippen LogP contribution in [0.5, 0.6) is 17.2 Å². The Labute approximate surface area is 190 Å². The number of nitrogens with zero attached hydrogens (tertiary/aromatic N) is 2. The number of benzene rings is 3. The molecule has 0 amide bonds. The summed E-state index contributed by atoms with van der Waals surface area (Å²) in [7, 11) is 3.53. The van der Waals surface area contributed by atoms with E-state index in [1.165, 1.54) is 0 Å². The molecular weight excluding hydrogens is 426 g/mol. The molecule has 0 atom stereocenters. The molecule has 0 fully saturated rings. The number of fused-ring (bicyclic) bond motifs is 5. The van der Waals surface area contributed by atoms with Gasteiger partial charge in [0.1, 0.15) is 5.75 Å². The van der Waals surface area contributed by atoms with Crippen molar-refractivity contribution in [3.8, 4) is 39.5 Å². The Morgan fingerprint density at radius 2 is 1.97 bits per heavy atom. The van der Waals surface area contributed by atoms with Crippen molar-refractivity contribution < 1.29 is 14.6 Å². The zero-order valence-electron chi connectivity index (χ0n) is 17.8. The second kappa shape index (κ2) is 8.30. The Morgan fingerprint density at radius 1 is 1.09 bits per heavy atom. The van der Waals surface area contributed by atoms with Gasteiger partial charge in [0.2, 0.25) is 0 Å². The van der Waals surface area contributed by atoms with Gasteiger partial charge in [-0.2, -0.15) is 0 Å². The fraction of sp³-hybridized carbons (Fsp3) is 0.200. The molecule has 0 saturated heterocycles. The first kappa shape index (κ1) is 20.5. The first-order valence-corrected chi connectivity index (χ1v) is 10.8. The molecule has 2 heterocycles. The predicted molar refractivity (Wildman–Crippen MR) is 127 cm³/mol. The number of hydrogen-bond acceptors (Lipinski definition) is 6. The van der Waals surface area contributed by atoms with Crippen LogP contribution in [0, 0.1) is 0 Å². The summed E-state index contributed by atoms with van der Waals surface area (Å²) in [5.41, 5.74) is 5.22. The third-order valence-corrected chi connectivity index (χ3v) is 5.99. The Balaban J connectivity index is 1.65. The van der Waals surface area contributed by atoms with Crippen LogP contribution in [0.15, 0.2) is 46.4 Å². The number of aromatic hydroxyl groups is 1. The minimum Gasteiger partial charge on any atom is -0.504 e. The second-order valence-electron chi connectivity index (χ2n) is 7.62. The van der Waals surface area contributed by atoms with Crippen molar-refractivity contribution in [2.45, 2.75) is 6.42 Å². The van der Waals surface area contributed by atoms with Crippen LogP contribution in [0.25, 0.3) is 28.5 Å². The minimum atomic E-state index is 0.0979. The highest BCUT2D eigenvalue weighted by Crippen LogP contribution is 2.43. The van der Waals surface area contributed by atoms with Crippen LogP contribution in [0.4, 0.5) is 5.69 Å². The lowest BCUT2D eigenvalue weighted by Crippen LogP contribution is -2.18. The van der Waals surface area contributed by atoms with Gasteiger partial charge in [-0.3, -0.25) is 4.99 Å². The van der Waals surface area contributed by atoms with Crippen molar-refractivity contribution in [3.05, 3.63) is 57.6 Å². The van der Waals surface area contributed by atoms with E-state index in [0.717, 1.165) is 57.0 Å². The first-order valence-electron chi connectivity index (χ1n) is 10.4. The molecule has 32 heavy (non-hydrogen) atoms. The van der Waals surface area contributed by atoms with Crippen LogP contribution in [0.3, 0.4) is 0 Å². The van der Waals surface area contributed by atoms with Gasteiger partial charge in [-0.25, -0.2) is 4.99 Å². The summed E-state index contributed by atoms with van der Waals surface area (Å²) in [4.78, 5) is 9.25. The van der Waals surface area contributed by atoms with Gasteiger partial charge in [-0.15, -0.1) is 0 Å². The van der Waals surface area contributed by atoms with E-state index < -0.39 is 0 Å². The molecule has 0 spiro atoms. The van der Waals surface area contributed by atoms with E-state index >= 15 is 0 Å². The summed E-state index contributed by atoms with van der Waals surface area (Å²) in [6.45, 7) is 1.35. The van der Waals surface area contributed by atoms with Crippen LogP contribution in [0.2, 0.25) is 5.02 Å². The largest absolute Gasteiger partial charge is 0.504 e. The number of phenols is 1. The van der Waals surface area contributed by atoms with Gasteiger partial charge in [0.25, 0.3) is 0 Å². The highest BCUT2D eigenvalue weighted by atomic mass is 35.5. The van der Waals surface area contributed by atoms with Gasteiger partial charge in [-0.05, 0) is 49.8 Å². The molecule has 3 aromatic rings. The van der Waals surface area contributed by atoms with Crippen LogP contribution >= 0.6 is 11.6 Å². The molecule has 2 aliphatic rings. The maximum atomic E-state index is 10.6. The van der Waals surface area contributed by atoms with E-state index in [0.29, 0.717) is 23.1 Å². The van der Waals surface area contributed by atoms with E-state index in [-0.39, 0.29) is 5.75 Å². The monoisotopic (exact) mass is 447 g/mol. The zero-order valence-corrected chi connectivity index (χ0v) is 18.5. The minimum absolute atomic E-state index is 0.0979. The van der Waals surface area contributed by atoms with Crippen molar-refractivity contribution in [2.75, 3.05) is 27.3 Å². The highest BCUT2D eigenvalue weighted by molar-refractivity contribution is 6.33. The summed E-state index contributed by atoms with van der Waals surface area (Å²) < 4.78 is 11.4. The molecule has 5 rings (SSSR count). The van der Waals surface area contributed by atoms with E-state index in [2.05, 4.69) is 10.3 Å². The summed E-state index contributed by atoms with van der Waals surface area (Å²) in [5.74, 6) is 1.22. The Kier molecular flexibility index (Phi) is 5.33. The highest BCUT2D eigenvalue weighted by Gasteiger charge is 2.25. The average molecular weight is 448 g/mol. The summed E-state index contributed by atoms with van der Waals surface area (Å²) in [5, 5.41) is 16.0. The normalized spacial score (nSPS) is 12.6. The number of rotatable bonds is 7. The topological polar surface area (TPSA) is 75.4 Å². The molecule has 0 aliphatic carbocycles. The van der Waals surface area contributed by atoms with Crippen molar-refractivity contribution in [2.24, 2.45) is 9.98 Å². The van der Waals surface area contributed by atoms with Gasteiger partial charge in [0.15, 0.2) is 11.5 Å². The van der Waals surface area contributed by atoms with Crippen molar-refractivity contribution in [1.29, 1.82) is 0 Å². The third kappa shape index (κ3) is 3.32. The van der Waals surface area contributed by atoms with Gasteiger partial charge in [-0.1, -0.05) is 17.7 Å². The fourth-order valence-corrected chi connectivity index (χ4v) is 4.47. The molecule has 0 unspecified atom stereocenters. The third-order valence-electron chi connectivity index (χ3n) is 5.67. The van der Waals surface area contributed by atoms with E-state index in [9.17, 15) is 5.11 Å². The maximum absolute atomic E-state index is 10.6. The van der Waals surface area contributed by atoms with Crippen molar-refractivity contribution in [3.63, 3.8) is 0 Å². The predicted octanol–water partition coefficient (Wildman–Crippen LogP) is 3.81. The summed E-state index contributed by atoms with van der Waals surface area (Å²) >= 11 is 6.58. The number of phenolic OH excluding ortho intramolecular Hbond substituents is 1. The molecular formula is C25H22ClN3O3. The van der Waals surface area contributed by atoms with E-state index in [4.69, 9.17) is 26.1 Å². The molecule has 6 nitrogen and oxygen atoms in total. The lowest BCUT2D eigenvalue weighted by atomic mass is 9.93. The fourth-order valence-electron chi connectivity index (χ4n) is 4.20. The first-order chi connectivity index (χ1) is 15.6. The maximum Gasteiger partial charge on any atom is 0.163 e. The second-order valence-corrected chi connectivity index (χ2v) is 8.03. The average Bonchev–Trinajstić information content (AvgIpc) is 3.40. The number of halogens is 1. The molecule has 2 N–H and O–H groups in total. The van der Waals surface area contributed by atoms with Gasteiger partial charge in [0.05, 0.1) is 29.8 Å². The molecule has 3 aromatic carbocycles. The Hall–Kier alpha value is -3.35. The smallest absolute Gasteiger partial charge is 0.163 e. The molecule has 162 valence electrons. The van der Waals surface area contributed by atoms with Crippen molar-refractivity contribution >= 4 is 29.7 Å². The Bertz CT molecular complexity index is 1380. The molecule has 0 radical (unpaired) electrons. The number of nitrogens with one attached hydrogen (secondary N) is 1. The SMILES string of the molecule is CNCCCOc1cc2c(cc1O)-c1c3c(c(-c4c(Cl)cccc4OC)cc1=N2)=CN=C3. The number of ether oxygens (including phenoxy) is 2. The van der Waals surface area contributed by atoms with Crippen LogP contribution in [-0.2, 0) is 0 Å². The standard InChI is InChI=1S/C25H22ClN3O3/c1-27-7-4-8-32-23-11-19-15(10-21(23)30)24-17-13-28-12-16(17)14(9-20(24)29-19)25-18(26)5-3-6-22(25)31-2/h3,5-6,9-13,27,30H,4,7-8H2,1-2H3. The molecule has 7 heteroatoms. The molecule has 0 saturated carbocycles. The lowest BCUT2D eigenvalue weighted by molar-refractivity contribution is 0.293. The summed E-state index contributed by atoms with van der Waals surface area (Å²) in [6, 6.07) is 11.1. The van der Waals surface area contributed by atoms with Crippen LogP contribution < -0.4 is 25.4 Å².